The number of carboxylic acids is 1. The van der Waals surface area contributed by atoms with Crippen molar-refractivity contribution < 1.29 is 32.4 Å². The molecule has 0 aromatic heterocycles. The van der Waals surface area contributed by atoms with E-state index in [2.05, 4.69) is 4.74 Å². The van der Waals surface area contributed by atoms with Gasteiger partial charge < -0.3 is 9.84 Å². The molecule has 0 saturated heterocycles. The van der Waals surface area contributed by atoms with Crippen LogP contribution in [0.25, 0.3) is 0 Å². The van der Waals surface area contributed by atoms with Crippen molar-refractivity contribution in [2.75, 3.05) is 7.11 Å². The third-order valence-corrected chi connectivity index (χ3v) is 2.26. The summed E-state index contributed by atoms with van der Waals surface area (Å²) in [5, 5.41) is 6.15. The molecule has 0 heterocycles. The first kappa shape index (κ1) is 16.9. The predicted octanol–water partition coefficient (Wildman–Crippen LogP) is -1.76. The molecule has 0 bridgehead atoms. The first-order chi connectivity index (χ1) is 5.79. The Morgan fingerprint density at radius 3 is 2.07 bits per heavy atom. The van der Waals surface area contributed by atoms with E-state index in [0.717, 1.165) is 7.11 Å². The van der Waals surface area contributed by atoms with Gasteiger partial charge in [-0.25, -0.2) is 0 Å². The summed E-state index contributed by atoms with van der Waals surface area (Å²) in [5.74, 6) is -2.82. The minimum atomic E-state index is -4.73. The molecule has 0 aliphatic carbocycles. The van der Waals surface area contributed by atoms with Crippen molar-refractivity contribution in [3.8, 4) is 0 Å². The monoisotopic (exact) mass is 252 g/mol. The third kappa shape index (κ3) is 6.06. The van der Waals surface area contributed by atoms with Crippen LogP contribution in [0.2, 0.25) is 0 Å². The molecular weight excluding hydrogens is 243 g/mol. The van der Waals surface area contributed by atoms with Gasteiger partial charge in [-0.05, 0) is 0 Å². The van der Waals surface area contributed by atoms with Gasteiger partial charge >= 0.3 is 63.3 Å². The van der Waals surface area contributed by atoms with E-state index in [-0.39, 0.29) is 51.4 Å². The van der Waals surface area contributed by atoms with Gasteiger partial charge in [0.05, 0.1) is 13.5 Å². The van der Waals surface area contributed by atoms with Crippen molar-refractivity contribution in [2.24, 2.45) is 0 Å². The number of esters is 1. The van der Waals surface area contributed by atoms with Crippen molar-refractivity contribution in [2.45, 2.75) is 11.7 Å². The first-order valence-electron chi connectivity index (χ1n) is 3.05. The van der Waals surface area contributed by atoms with E-state index < -0.39 is 33.7 Å². The van der Waals surface area contributed by atoms with Crippen LogP contribution in [0.1, 0.15) is 6.42 Å². The number of carbonyl (C=O) groups is 2. The zero-order chi connectivity index (χ0) is 10.6. The van der Waals surface area contributed by atoms with Crippen LogP contribution in [0.5, 0.6) is 0 Å². The number of carbonyl (C=O) groups excluding carboxylic acids is 1. The number of methoxy groups -OCH3 is 1. The second-order valence-corrected chi connectivity index (χ2v) is 3.72. The summed E-state index contributed by atoms with van der Waals surface area (Å²) in [6.07, 6.45) is -1.02. The molecule has 0 spiro atoms. The molecule has 0 saturated carbocycles. The number of rotatable bonds is 4. The van der Waals surface area contributed by atoms with Gasteiger partial charge in [-0.3, -0.25) is 14.1 Å². The summed E-state index contributed by atoms with van der Waals surface area (Å²) in [6.45, 7) is 0. The van der Waals surface area contributed by atoms with Gasteiger partial charge in [-0.2, -0.15) is 8.42 Å². The topological polar surface area (TPSA) is 118 Å². The normalized spacial score (nSPS) is 12.4. The number of ether oxygens (including phenoxy) is 1. The van der Waals surface area contributed by atoms with Crippen LogP contribution >= 0.6 is 0 Å². The summed E-state index contributed by atoms with van der Waals surface area (Å²) >= 11 is 0. The predicted molar refractivity (Wildman–Crippen MR) is 46.8 cm³/mol. The fourth-order valence-electron chi connectivity index (χ4n) is 0.600. The van der Waals surface area contributed by atoms with E-state index in [1.165, 1.54) is 0 Å². The molecule has 0 aliphatic rings. The van der Waals surface area contributed by atoms with Crippen LogP contribution < -0.4 is 0 Å². The van der Waals surface area contributed by atoms with Crippen LogP contribution in [0.15, 0.2) is 0 Å². The first-order valence-corrected chi connectivity index (χ1v) is 4.55. The average molecular weight is 252 g/mol. The Balaban J connectivity index is 0. The Morgan fingerprint density at radius 1 is 1.43 bits per heavy atom. The van der Waals surface area contributed by atoms with Crippen molar-refractivity contribution in [1.29, 1.82) is 0 Å². The minimum absolute atomic E-state index is 0. The zero-order valence-electron chi connectivity index (χ0n) is 6.63. The van der Waals surface area contributed by atoms with E-state index in [1.807, 2.05) is 0 Å². The number of carboxylic acid groups (broad SMARTS) is 1. The molecule has 0 aromatic rings. The van der Waals surface area contributed by atoms with Crippen LogP contribution in [-0.2, 0) is 24.4 Å². The van der Waals surface area contributed by atoms with Crippen LogP contribution in [0, 0.1) is 0 Å². The molecular formula is C5H9KO7S. The van der Waals surface area contributed by atoms with Gasteiger partial charge in [0.25, 0.3) is 10.1 Å². The van der Waals surface area contributed by atoms with E-state index in [0.29, 0.717) is 0 Å². The van der Waals surface area contributed by atoms with Gasteiger partial charge in [0.15, 0.2) is 5.25 Å². The molecule has 0 rings (SSSR count). The van der Waals surface area contributed by atoms with Gasteiger partial charge in [0.2, 0.25) is 0 Å². The van der Waals surface area contributed by atoms with Crippen LogP contribution in [0.3, 0.4) is 0 Å². The molecule has 1 unspecified atom stereocenters. The Bertz CT molecular complexity index is 308. The van der Waals surface area contributed by atoms with E-state index in [1.54, 1.807) is 0 Å². The van der Waals surface area contributed by atoms with E-state index in [4.69, 9.17) is 9.66 Å². The Morgan fingerprint density at radius 2 is 1.86 bits per heavy atom. The molecule has 14 heavy (non-hydrogen) atoms. The Kier molecular flexibility index (Phi) is 8.30. The summed E-state index contributed by atoms with van der Waals surface area (Å²) < 4.78 is 33.4. The molecule has 9 heteroatoms. The molecule has 0 aliphatic heterocycles. The van der Waals surface area contributed by atoms with Gasteiger partial charge in [-0.1, -0.05) is 0 Å². The van der Waals surface area contributed by atoms with Crippen molar-refractivity contribution in [3.63, 3.8) is 0 Å². The van der Waals surface area contributed by atoms with E-state index in [9.17, 15) is 18.0 Å². The zero-order valence-corrected chi connectivity index (χ0v) is 7.44. The summed E-state index contributed by atoms with van der Waals surface area (Å²) in [7, 11) is -3.84. The standard InChI is InChI=1S/C5H8O7S.K.H/c1-12-5(8)3(2-4(6)7)13(9,10)11;;/h3H,2H2,1H3,(H,6,7)(H,9,10,11);;. The van der Waals surface area contributed by atoms with E-state index >= 15 is 0 Å². The molecule has 2 N–H and O–H groups in total. The fraction of sp³-hybridized carbons (Fsp3) is 0.600. The molecule has 0 radical (unpaired) electrons. The van der Waals surface area contributed by atoms with Gasteiger partial charge in [-0.15, -0.1) is 0 Å². The Labute approximate surface area is 123 Å². The second-order valence-electron chi connectivity index (χ2n) is 2.12. The SMILES string of the molecule is COC(=O)C(CC(=O)O)S(=O)(=O)O.[KH]. The number of hydrogen-bond donors (Lipinski definition) is 2. The molecule has 0 fully saturated rings. The van der Waals surface area contributed by atoms with Crippen LogP contribution in [-0.4, -0.2) is 93.8 Å². The maximum atomic E-state index is 10.7. The summed E-state index contributed by atoms with van der Waals surface area (Å²) in [5.41, 5.74) is 0. The van der Waals surface area contributed by atoms with Crippen molar-refractivity contribution in [3.05, 3.63) is 0 Å². The second kappa shape index (κ2) is 6.88. The van der Waals surface area contributed by atoms with Gasteiger partial charge in [0.1, 0.15) is 0 Å². The van der Waals surface area contributed by atoms with Crippen LogP contribution in [0.4, 0.5) is 0 Å². The summed E-state index contributed by atoms with van der Waals surface area (Å²) in [4.78, 5) is 20.8. The summed E-state index contributed by atoms with van der Waals surface area (Å²) in [6, 6.07) is 0. The van der Waals surface area contributed by atoms with Crippen molar-refractivity contribution in [1.82, 2.24) is 0 Å². The third-order valence-electron chi connectivity index (χ3n) is 1.18. The average Bonchev–Trinajstić information content (AvgIpc) is 1.96. The molecule has 0 aromatic carbocycles. The number of aliphatic carboxylic acids is 1. The quantitative estimate of drug-likeness (QED) is 0.346. The molecule has 78 valence electrons. The number of hydrogen-bond acceptors (Lipinski definition) is 5. The maximum absolute atomic E-state index is 10.7. The molecule has 0 amide bonds. The molecule has 7 nitrogen and oxygen atoms in total. The fourth-order valence-corrected chi connectivity index (χ4v) is 1.29. The molecule has 1 atom stereocenters. The van der Waals surface area contributed by atoms with Gasteiger partial charge in [0, 0.05) is 0 Å². The van der Waals surface area contributed by atoms with Crippen molar-refractivity contribution >= 4 is 73.4 Å². The Hall–Kier alpha value is 0.486.